The second-order valence-electron chi connectivity index (χ2n) is 6.28. The first-order chi connectivity index (χ1) is 8.12. The Morgan fingerprint density at radius 3 is 2.76 bits per heavy atom. The van der Waals surface area contributed by atoms with Crippen LogP contribution in [-0.2, 0) is 19.3 Å². The molecule has 1 saturated carbocycles. The molecule has 1 heteroatoms. The topological polar surface area (TPSA) is 20.2 Å². The Morgan fingerprint density at radius 1 is 1.24 bits per heavy atom. The summed E-state index contributed by atoms with van der Waals surface area (Å²) >= 11 is 0. The number of aryl methyl sites for hydroxylation is 2. The second kappa shape index (κ2) is 4.13. The molecule has 1 aromatic carbocycles. The maximum absolute atomic E-state index is 10.4. The van der Waals surface area contributed by atoms with Crippen molar-refractivity contribution in [3.8, 4) is 0 Å². The van der Waals surface area contributed by atoms with Crippen molar-refractivity contribution in [1.82, 2.24) is 0 Å². The highest BCUT2D eigenvalue weighted by Crippen LogP contribution is 2.38. The Morgan fingerprint density at radius 2 is 2.00 bits per heavy atom. The van der Waals surface area contributed by atoms with Crippen LogP contribution < -0.4 is 0 Å². The fraction of sp³-hybridized carbons (Fsp3) is 0.625. The van der Waals surface area contributed by atoms with Gasteiger partial charge in [0.25, 0.3) is 0 Å². The third-order valence-electron chi connectivity index (χ3n) is 4.17. The lowest BCUT2D eigenvalue weighted by Gasteiger charge is -2.23. The molecular weight excluding hydrogens is 208 g/mol. The number of rotatable bonds is 4. The van der Waals surface area contributed by atoms with Crippen LogP contribution in [0.3, 0.4) is 0 Å². The van der Waals surface area contributed by atoms with Crippen molar-refractivity contribution in [1.29, 1.82) is 0 Å². The molecule has 2 aliphatic rings. The van der Waals surface area contributed by atoms with Gasteiger partial charge < -0.3 is 5.11 Å². The van der Waals surface area contributed by atoms with Crippen LogP contribution in [0, 0.1) is 5.92 Å². The zero-order valence-electron chi connectivity index (χ0n) is 10.7. The Bertz CT molecular complexity index is 416. The third kappa shape index (κ3) is 2.71. The normalized spacial score (nSPS) is 22.2. The van der Waals surface area contributed by atoms with E-state index in [1.54, 1.807) is 0 Å². The second-order valence-corrected chi connectivity index (χ2v) is 6.28. The predicted octanol–water partition coefficient (Wildman–Crippen LogP) is 3.27. The zero-order valence-corrected chi connectivity index (χ0v) is 10.7. The van der Waals surface area contributed by atoms with Crippen molar-refractivity contribution < 1.29 is 5.11 Å². The number of benzene rings is 1. The van der Waals surface area contributed by atoms with E-state index in [-0.39, 0.29) is 0 Å². The maximum atomic E-state index is 10.4. The van der Waals surface area contributed by atoms with Crippen molar-refractivity contribution >= 4 is 0 Å². The molecule has 92 valence electrons. The standard InChI is InChI=1S/C16H22O/c1-16(17,10-12-5-6-12)11-13-7-8-14-3-2-4-15(14)9-13/h7-9,12,17H,2-6,10-11H2,1H3. The monoisotopic (exact) mass is 230 g/mol. The number of hydrogen-bond acceptors (Lipinski definition) is 1. The third-order valence-corrected chi connectivity index (χ3v) is 4.17. The van der Waals surface area contributed by atoms with Gasteiger partial charge in [0.15, 0.2) is 0 Å². The van der Waals surface area contributed by atoms with Crippen LogP contribution in [0.25, 0.3) is 0 Å². The van der Waals surface area contributed by atoms with Gasteiger partial charge in [-0.05, 0) is 55.2 Å². The number of fused-ring (bicyclic) bond motifs is 1. The first-order valence-electron chi connectivity index (χ1n) is 6.95. The highest BCUT2D eigenvalue weighted by Gasteiger charge is 2.31. The molecular formula is C16H22O. The SMILES string of the molecule is CC(O)(Cc1ccc2c(c1)CCC2)CC1CC1. The smallest absolute Gasteiger partial charge is 0.0662 e. The molecule has 1 unspecified atom stereocenters. The summed E-state index contributed by atoms with van der Waals surface area (Å²) in [5.41, 5.74) is 3.85. The van der Waals surface area contributed by atoms with E-state index < -0.39 is 5.60 Å². The molecule has 17 heavy (non-hydrogen) atoms. The first-order valence-corrected chi connectivity index (χ1v) is 6.95. The van der Waals surface area contributed by atoms with Crippen molar-refractivity contribution in [3.05, 3.63) is 34.9 Å². The fourth-order valence-electron chi connectivity index (χ4n) is 3.19. The van der Waals surface area contributed by atoms with Crippen LogP contribution in [0.5, 0.6) is 0 Å². The lowest BCUT2D eigenvalue weighted by Crippen LogP contribution is -2.27. The Hall–Kier alpha value is -0.820. The summed E-state index contributed by atoms with van der Waals surface area (Å²) in [5.74, 6) is 0.791. The molecule has 1 aromatic rings. The van der Waals surface area contributed by atoms with E-state index in [0.29, 0.717) is 0 Å². The highest BCUT2D eigenvalue weighted by molar-refractivity contribution is 5.35. The van der Waals surface area contributed by atoms with Crippen LogP contribution in [0.1, 0.15) is 49.3 Å². The number of hydrogen-bond donors (Lipinski definition) is 1. The largest absolute Gasteiger partial charge is 0.390 e. The van der Waals surface area contributed by atoms with Crippen molar-refractivity contribution in [2.45, 2.75) is 57.5 Å². The molecule has 0 aromatic heterocycles. The molecule has 0 bridgehead atoms. The lowest BCUT2D eigenvalue weighted by molar-refractivity contribution is 0.0455. The summed E-state index contributed by atoms with van der Waals surface area (Å²) in [7, 11) is 0. The van der Waals surface area contributed by atoms with Crippen molar-refractivity contribution in [2.24, 2.45) is 5.92 Å². The van der Waals surface area contributed by atoms with Crippen LogP contribution in [0.2, 0.25) is 0 Å². The molecule has 0 saturated heterocycles. The van der Waals surface area contributed by atoms with Crippen molar-refractivity contribution in [2.75, 3.05) is 0 Å². The van der Waals surface area contributed by atoms with Gasteiger partial charge in [-0.3, -0.25) is 0 Å². The minimum Gasteiger partial charge on any atom is -0.390 e. The lowest BCUT2D eigenvalue weighted by atomic mass is 9.90. The van der Waals surface area contributed by atoms with Crippen molar-refractivity contribution in [3.63, 3.8) is 0 Å². The molecule has 0 spiro atoms. The summed E-state index contributed by atoms with van der Waals surface area (Å²) in [6.45, 7) is 2.00. The van der Waals surface area contributed by atoms with Gasteiger partial charge in [-0.15, -0.1) is 0 Å². The van der Waals surface area contributed by atoms with Crippen LogP contribution in [-0.4, -0.2) is 10.7 Å². The Balaban J connectivity index is 1.71. The molecule has 1 fully saturated rings. The van der Waals surface area contributed by atoms with E-state index in [9.17, 15) is 5.11 Å². The van der Waals surface area contributed by atoms with E-state index in [1.165, 1.54) is 48.8 Å². The van der Waals surface area contributed by atoms with Gasteiger partial charge in [0.1, 0.15) is 0 Å². The minimum absolute atomic E-state index is 0.506. The van der Waals surface area contributed by atoms with E-state index in [1.807, 2.05) is 6.92 Å². The molecule has 1 N–H and O–H groups in total. The summed E-state index contributed by atoms with van der Waals surface area (Å²) in [5, 5.41) is 10.4. The predicted molar refractivity (Wildman–Crippen MR) is 70.1 cm³/mol. The van der Waals surface area contributed by atoms with E-state index in [4.69, 9.17) is 0 Å². The quantitative estimate of drug-likeness (QED) is 0.841. The molecule has 2 aliphatic carbocycles. The summed E-state index contributed by atoms with van der Waals surface area (Å²) in [6.07, 6.45) is 8.21. The maximum Gasteiger partial charge on any atom is 0.0662 e. The van der Waals surface area contributed by atoms with Crippen LogP contribution in [0.4, 0.5) is 0 Å². The molecule has 1 nitrogen and oxygen atoms in total. The molecule has 0 radical (unpaired) electrons. The molecule has 3 rings (SSSR count). The van der Waals surface area contributed by atoms with Gasteiger partial charge in [-0.25, -0.2) is 0 Å². The molecule has 1 atom stereocenters. The van der Waals surface area contributed by atoms with E-state index >= 15 is 0 Å². The van der Waals surface area contributed by atoms with Crippen LogP contribution >= 0.6 is 0 Å². The van der Waals surface area contributed by atoms with Gasteiger partial charge in [-0.2, -0.15) is 0 Å². The fourth-order valence-corrected chi connectivity index (χ4v) is 3.19. The van der Waals surface area contributed by atoms with Crippen LogP contribution in [0.15, 0.2) is 18.2 Å². The average Bonchev–Trinajstić information content (AvgIpc) is 2.93. The van der Waals surface area contributed by atoms with E-state index in [0.717, 1.165) is 18.8 Å². The zero-order chi connectivity index (χ0) is 11.9. The van der Waals surface area contributed by atoms with Gasteiger partial charge in [0.2, 0.25) is 0 Å². The summed E-state index contributed by atoms with van der Waals surface area (Å²) in [6, 6.07) is 6.81. The Kier molecular flexibility index (Phi) is 2.74. The highest BCUT2D eigenvalue weighted by atomic mass is 16.3. The minimum atomic E-state index is -0.506. The summed E-state index contributed by atoms with van der Waals surface area (Å²) in [4.78, 5) is 0. The first kappa shape index (κ1) is 11.3. The van der Waals surface area contributed by atoms with E-state index in [2.05, 4.69) is 18.2 Å². The molecule has 0 heterocycles. The average molecular weight is 230 g/mol. The van der Waals surface area contributed by atoms with Gasteiger partial charge >= 0.3 is 0 Å². The summed E-state index contributed by atoms with van der Waals surface area (Å²) < 4.78 is 0. The number of aliphatic hydroxyl groups is 1. The molecule has 0 amide bonds. The van der Waals surface area contributed by atoms with Gasteiger partial charge in [-0.1, -0.05) is 31.0 Å². The Labute approximate surface area is 104 Å². The van der Waals surface area contributed by atoms with Gasteiger partial charge in [0.05, 0.1) is 5.60 Å². The van der Waals surface area contributed by atoms with Gasteiger partial charge in [0, 0.05) is 6.42 Å². The molecule has 0 aliphatic heterocycles.